The smallest absolute Gasteiger partial charge is 0.321 e. The molecule has 1 N–H and O–H groups in total. The summed E-state index contributed by atoms with van der Waals surface area (Å²) < 4.78 is 0. The predicted octanol–water partition coefficient (Wildman–Crippen LogP) is 4.04. The van der Waals surface area contributed by atoms with Crippen LogP contribution in [0.15, 0.2) is 24.3 Å². The molecule has 1 aromatic rings. The van der Waals surface area contributed by atoms with Crippen molar-refractivity contribution in [1.29, 1.82) is 0 Å². The summed E-state index contributed by atoms with van der Waals surface area (Å²) in [5.74, 6) is 0. The van der Waals surface area contributed by atoms with Gasteiger partial charge in [-0.05, 0) is 49.3 Å². The summed E-state index contributed by atoms with van der Waals surface area (Å²) in [6.07, 6.45) is 3.36. The molecule has 0 aromatic heterocycles. The van der Waals surface area contributed by atoms with E-state index in [0.717, 1.165) is 37.2 Å². The lowest BCUT2D eigenvalue weighted by molar-refractivity contribution is 0.211. The fourth-order valence-electron chi connectivity index (χ4n) is 2.55. The van der Waals surface area contributed by atoms with Gasteiger partial charge in [0.15, 0.2) is 0 Å². The number of nitrogens with one attached hydrogen (secondary N) is 1. The van der Waals surface area contributed by atoms with Crippen molar-refractivity contribution < 1.29 is 4.79 Å². The highest BCUT2D eigenvalue weighted by atomic mass is 16.2. The first kappa shape index (κ1) is 13.9. The second-order valence-electron chi connectivity index (χ2n) is 6.30. The van der Waals surface area contributed by atoms with Crippen molar-refractivity contribution in [3.63, 3.8) is 0 Å². The van der Waals surface area contributed by atoms with E-state index in [4.69, 9.17) is 0 Å². The Morgan fingerprint density at radius 1 is 1.26 bits per heavy atom. The van der Waals surface area contributed by atoms with E-state index < -0.39 is 0 Å². The fraction of sp³-hybridized carbons (Fsp3) is 0.562. The number of hydrogen-bond donors (Lipinski definition) is 1. The standard InChI is InChI=1S/C16H24N2O/c1-13-6-4-7-14(12-13)17-15(19)18-10-5-8-16(2,3)9-11-18/h4,6-7,12H,5,8-11H2,1-3H3,(H,17,19). The van der Waals surface area contributed by atoms with Crippen LogP contribution in [-0.4, -0.2) is 24.0 Å². The zero-order valence-corrected chi connectivity index (χ0v) is 12.2. The highest BCUT2D eigenvalue weighted by Crippen LogP contribution is 2.29. The molecule has 3 nitrogen and oxygen atoms in total. The summed E-state index contributed by atoms with van der Waals surface area (Å²) in [5, 5.41) is 2.99. The maximum absolute atomic E-state index is 12.3. The van der Waals surface area contributed by atoms with Crippen LogP contribution in [0.4, 0.5) is 10.5 Å². The molecular formula is C16H24N2O. The second kappa shape index (κ2) is 5.64. The minimum Gasteiger partial charge on any atom is -0.325 e. The van der Waals surface area contributed by atoms with Crippen molar-refractivity contribution in [3.8, 4) is 0 Å². The van der Waals surface area contributed by atoms with E-state index in [-0.39, 0.29) is 6.03 Å². The maximum Gasteiger partial charge on any atom is 0.321 e. The lowest BCUT2D eigenvalue weighted by Crippen LogP contribution is -2.36. The first-order valence-corrected chi connectivity index (χ1v) is 7.09. The fourth-order valence-corrected chi connectivity index (χ4v) is 2.55. The highest BCUT2D eigenvalue weighted by Gasteiger charge is 2.25. The Morgan fingerprint density at radius 3 is 2.79 bits per heavy atom. The highest BCUT2D eigenvalue weighted by molar-refractivity contribution is 5.89. The van der Waals surface area contributed by atoms with Crippen molar-refractivity contribution in [2.75, 3.05) is 18.4 Å². The van der Waals surface area contributed by atoms with E-state index in [1.165, 1.54) is 6.42 Å². The van der Waals surface area contributed by atoms with E-state index in [0.29, 0.717) is 5.41 Å². The van der Waals surface area contributed by atoms with E-state index in [1.807, 2.05) is 36.1 Å². The van der Waals surface area contributed by atoms with E-state index in [1.54, 1.807) is 0 Å². The van der Waals surface area contributed by atoms with Crippen LogP contribution in [0, 0.1) is 12.3 Å². The molecule has 104 valence electrons. The second-order valence-corrected chi connectivity index (χ2v) is 6.30. The van der Waals surface area contributed by atoms with Crippen LogP contribution in [0.25, 0.3) is 0 Å². The van der Waals surface area contributed by atoms with Crippen molar-refractivity contribution >= 4 is 11.7 Å². The van der Waals surface area contributed by atoms with Crippen molar-refractivity contribution in [1.82, 2.24) is 4.90 Å². The Hall–Kier alpha value is -1.51. The average Bonchev–Trinajstić information content (AvgIpc) is 2.50. The van der Waals surface area contributed by atoms with Crippen LogP contribution >= 0.6 is 0 Å². The summed E-state index contributed by atoms with van der Waals surface area (Å²) in [6.45, 7) is 8.32. The molecule has 19 heavy (non-hydrogen) atoms. The van der Waals surface area contributed by atoms with Crippen LogP contribution in [0.3, 0.4) is 0 Å². The number of amides is 2. The van der Waals surface area contributed by atoms with Gasteiger partial charge in [0.1, 0.15) is 0 Å². The molecule has 1 fully saturated rings. The molecule has 0 unspecified atom stereocenters. The van der Waals surface area contributed by atoms with Gasteiger partial charge >= 0.3 is 6.03 Å². The number of aryl methyl sites for hydroxylation is 1. The van der Waals surface area contributed by atoms with E-state index in [2.05, 4.69) is 19.2 Å². The number of hydrogen-bond acceptors (Lipinski definition) is 1. The summed E-state index contributed by atoms with van der Waals surface area (Å²) in [5.41, 5.74) is 2.40. The third-order valence-corrected chi connectivity index (χ3v) is 3.90. The molecule has 0 aliphatic carbocycles. The molecule has 2 rings (SSSR count). The third-order valence-electron chi connectivity index (χ3n) is 3.90. The molecule has 3 heteroatoms. The summed E-state index contributed by atoms with van der Waals surface area (Å²) in [7, 11) is 0. The van der Waals surface area contributed by atoms with Gasteiger partial charge in [-0.15, -0.1) is 0 Å². The summed E-state index contributed by atoms with van der Waals surface area (Å²) >= 11 is 0. The molecule has 0 spiro atoms. The van der Waals surface area contributed by atoms with Crippen LogP contribution in [0.1, 0.15) is 38.7 Å². The predicted molar refractivity (Wildman–Crippen MR) is 79.4 cm³/mol. The SMILES string of the molecule is Cc1cccc(NC(=O)N2CCCC(C)(C)CC2)c1. The van der Waals surface area contributed by atoms with Gasteiger partial charge in [-0.1, -0.05) is 26.0 Å². The number of likely N-dealkylation sites (tertiary alicyclic amines) is 1. The number of anilines is 1. The molecule has 0 atom stereocenters. The third kappa shape index (κ3) is 3.98. The number of nitrogens with zero attached hydrogens (tertiary/aromatic N) is 1. The van der Waals surface area contributed by atoms with Crippen LogP contribution in [0.5, 0.6) is 0 Å². The quantitative estimate of drug-likeness (QED) is 0.812. The molecule has 1 aliphatic rings. The summed E-state index contributed by atoms with van der Waals surface area (Å²) in [6, 6.07) is 7.97. The van der Waals surface area contributed by atoms with Gasteiger partial charge in [-0.25, -0.2) is 4.79 Å². The van der Waals surface area contributed by atoms with Crippen LogP contribution < -0.4 is 5.32 Å². The molecule has 2 amide bonds. The van der Waals surface area contributed by atoms with Gasteiger partial charge in [0, 0.05) is 18.8 Å². The summed E-state index contributed by atoms with van der Waals surface area (Å²) in [4.78, 5) is 14.2. The van der Waals surface area contributed by atoms with Gasteiger partial charge in [0.05, 0.1) is 0 Å². The van der Waals surface area contributed by atoms with Gasteiger partial charge in [-0.3, -0.25) is 0 Å². The molecule has 0 bridgehead atoms. The lowest BCUT2D eigenvalue weighted by Gasteiger charge is -2.23. The maximum atomic E-state index is 12.3. The van der Waals surface area contributed by atoms with Crippen LogP contribution in [-0.2, 0) is 0 Å². The molecule has 1 aliphatic heterocycles. The number of carbonyl (C=O) groups excluding carboxylic acids is 1. The van der Waals surface area contributed by atoms with Gasteiger partial charge in [0.25, 0.3) is 0 Å². The number of benzene rings is 1. The molecule has 1 saturated heterocycles. The molecule has 1 aromatic carbocycles. The van der Waals surface area contributed by atoms with E-state index in [9.17, 15) is 4.79 Å². The van der Waals surface area contributed by atoms with Gasteiger partial charge in [-0.2, -0.15) is 0 Å². The average molecular weight is 260 g/mol. The lowest BCUT2D eigenvalue weighted by atomic mass is 9.85. The number of rotatable bonds is 1. The van der Waals surface area contributed by atoms with Gasteiger partial charge in [0.2, 0.25) is 0 Å². The topological polar surface area (TPSA) is 32.3 Å². The van der Waals surface area contributed by atoms with Crippen molar-refractivity contribution in [2.24, 2.45) is 5.41 Å². The Bertz CT molecular complexity index is 454. The molecule has 0 saturated carbocycles. The minimum atomic E-state index is 0.0308. The van der Waals surface area contributed by atoms with Crippen molar-refractivity contribution in [2.45, 2.75) is 40.0 Å². The largest absolute Gasteiger partial charge is 0.325 e. The number of carbonyl (C=O) groups is 1. The first-order valence-electron chi connectivity index (χ1n) is 7.09. The molecule has 1 heterocycles. The Kier molecular flexibility index (Phi) is 4.13. The monoisotopic (exact) mass is 260 g/mol. The van der Waals surface area contributed by atoms with Gasteiger partial charge < -0.3 is 10.2 Å². The molecule has 0 radical (unpaired) electrons. The normalized spacial score (nSPS) is 18.8. The van der Waals surface area contributed by atoms with Crippen LogP contribution in [0.2, 0.25) is 0 Å². The first-order chi connectivity index (χ1) is 8.96. The Balaban J connectivity index is 1.96. The Labute approximate surface area is 116 Å². The van der Waals surface area contributed by atoms with Crippen molar-refractivity contribution in [3.05, 3.63) is 29.8 Å². The minimum absolute atomic E-state index is 0.0308. The number of urea groups is 1. The zero-order chi connectivity index (χ0) is 13.9. The zero-order valence-electron chi connectivity index (χ0n) is 12.2. The molecular weight excluding hydrogens is 236 g/mol. The van der Waals surface area contributed by atoms with E-state index >= 15 is 0 Å². The Morgan fingerprint density at radius 2 is 2.05 bits per heavy atom.